The van der Waals surface area contributed by atoms with Gasteiger partial charge in [-0.15, -0.1) is 0 Å². The van der Waals surface area contributed by atoms with E-state index in [1.54, 1.807) is 56.3 Å². The van der Waals surface area contributed by atoms with Gasteiger partial charge in [-0.05, 0) is 55.3 Å². The van der Waals surface area contributed by atoms with Gasteiger partial charge in [-0.1, -0.05) is 47.2 Å². The lowest BCUT2D eigenvalue weighted by Crippen LogP contribution is -2.39. The quantitative estimate of drug-likeness (QED) is 0.564. The summed E-state index contributed by atoms with van der Waals surface area (Å²) in [6.45, 7) is 3.66. The maximum Gasteiger partial charge on any atom is 0.338 e. The van der Waals surface area contributed by atoms with E-state index in [0.29, 0.717) is 31.2 Å². The van der Waals surface area contributed by atoms with Gasteiger partial charge in [0.1, 0.15) is 5.82 Å². The molecule has 1 aliphatic rings. The molecule has 0 aliphatic carbocycles. The van der Waals surface area contributed by atoms with Gasteiger partial charge in [-0.25, -0.2) is 14.2 Å². The number of rotatable bonds is 4. The molecule has 31 heavy (non-hydrogen) atoms. The first-order valence-electron chi connectivity index (χ1n) is 9.59. The van der Waals surface area contributed by atoms with Gasteiger partial charge in [0.05, 0.1) is 28.5 Å². The molecule has 0 saturated carbocycles. The summed E-state index contributed by atoms with van der Waals surface area (Å²) >= 11 is 7.26. The van der Waals surface area contributed by atoms with Crippen LogP contribution in [0, 0.1) is 5.82 Å². The third kappa shape index (κ3) is 4.11. The normalized spacial score (nSPS) is 16.1. The van der Waals surface area contributed by atoms with Gasteiger partial charge < -0.3 is 4.74 Å². The van der Waals surface area contributed by atoms with Crippen molar-refractivity contribution in [3.05, 3.63) is 101 Å². The molecule has 0 amide bonds. The number of hydrogen-bond donors (Lipinski definition) is 0. The molecular formula is C23H18ClFN2O3S. The molecule has 0 unspecified atom stereocenters. The highest BCUT2D eigenvalue weighted by Gasteiger charge is 2.33. The number of carbonyl (C=O) groups is 1. The second-order valence-electron chi connectivity index (χ2n) is 6.91. The summed E-state index contributed by atoms with van der Waals surface area (Å²) in [6, 6.07) is 12.2. The lowest BCUT2D eigenvalue weighted by atomic mass is 9.96. The number of benzene rings is 2. The first kappa shape index (κ1) is 21.2. The Bertz CT molecular complexity index is 1360. The van der Waals surface area contributed by atoms with Crippen LogP contribution in [-0.2, 0) is 9.53 Å². The minimum Gasteiger partial charge on any atom is -0.463 e. The number of halogens is 2. The predicted molar refractivity (Wildman–Crippen MR) is 118 cm³/mol. The molecule has 158 valence electrons. The number of nitrogens with zero attached hydrogens (tertiary/aromatic N) is 2. The third-order valence-corrected chi connectivity index (χ3v) is 6.11. The predicted octanol–water partition coefficient (Wildman–Crippen LogP) is 3.59. The Labute approximate surface area is 186 Å². The molecular weight excluding hydrogens is 439 g/mol. The fourth-order valence-corrected chi connectivity index (χ4v) is 4.63. The van der Waals surface area contributed by atoms with Crippen molar-refractivity contribution in [3.8, 4) is 0 Å². The summed E-state index contributed by atoms with van der Waals surface area (Å²) in [7, 11) is 0. The number of thiazole rings is 1. The first-order chi connectivity index (χ1) is 14.9. The largest absolute Gasteiger partial charge is 0.463 e. The van der Waals surface area contributed by atoms with E-state index in [0.717, 1.165) is 5.56 Å². The van der Waals surface area contributed by atoms with Crippen LogP contribution in [0.3, 0.4) is 0 Å². The van der Waals surface area contributed by atoms with Crippen molar-refractivity contribution in [2.45, 2.75) is 19.9 Å². The van der Waals surface area contributed by atoms with Gasteiger partial charge >= 0.3 is 5.97 Å². The van der Waals surface area contributed by atoms with Gasteiger partial charge in [0.25, 0.3) is 5.56 Å². The van der Waals surface area contributed by atoms with Crippen molar-refractivity contribution >= 4 is 35.0 Å². The van der Waals surface area contributed by atoms with E-state index >= 15 is 0 Å². The van der Waals surface area contributed by atoms with Crippen LogP contribution in [0.2, 0.25) is 5.02 Å². The van der Waals surface area contributed by atoms with Gasteiger partial charge in [-0.3, -0.25) is 9.36 Å². The average Bonchev–Trinajstić information content (AvgIpc) is 3.04. The van der Waals surface area contributed by atoms with Crippen molar-refractivity contribution in [2.75, 3.05) is 6.61 Å². The smallest absolute Gasteiger partial charge is 0.338 e. The van der Waals surface area contributed by atoms with Gasteiger partial charge in [0.15, 0.2) is 4.80 Å². The van der Waals surface area contributed by atoms with Crippen LogP contribution in [0.4, 0.5) is 4.39 Å². The van der Waals surface area contributed by atoms with E-state index in [-0.39, 0.29) is 18.0 Å². The van der Waals surface area contributed by atoms with Crippen LogP contribution in [0.1, 0.15) is 31.0 Å². The van der Waals surface area contributed by atoms with Crippen molar-refractivity contribution in [1.29, 1.82) is 0 Å². The lowest BCUT2D eigenvalue weighted by Gasteiger charge is -2.24. The van der Waals surface area contributed by atoms with E-state index in [2.05, 4.69) is 4.99 Å². The Kier molecular flexibility index (Phi) is 5.89. The average molecular weight is 457 g/mol. The number of esters is 1. The van der Waals surface area contributed by atoms with Crippen LogP contribution >= 0.6 is 22.9 Å². The van der Waals surface area contributed by atoms with Crippen LogP contribution in [0.5, 0.6) is 0 Å². The molecule has 5 nitrogen and oxygen atoms in total. The highest BCUT2D eigenvalue weighted by Crippen LogP contribution is 2.31. The Morgan fingerprint density at radius 2 is 1.90 bits per heavy atom. The maximum absolute atomic E-state index is 13.4. The summed E-state index contributed by atoms with van der Waals surface area (Å²) < 4.78 is 20.4. The van der Waals surface area contributed by atoms with Gasteiger partial charge in [0.2, 0.25) is 0 Å². The van der Waals surface area contributed by atoms with Gasteiger partial charge in [-0.2, -0.15) is 0 Å². The van der Waals surface area contributed by atoms with Crippen LogP contribution < -0.4 is 14.9 Å². The molecule has 1 aromatic heterocycles. The van der Waals surface area contributed by atoms with E-state index in [9.17, 15) is 14.0 Å². The van der Waals surface area contributed by atoms with Gasteiger partial charge in [0, 0.05) is 5.02 Å². The van der Waals surface area contributed by atoms with Crippen LogP contribution in [0.15, 0.2) is 69.6 Å². The zero-order valence-electron chi connectivity index (χ0n) is 16.8. The summed E-state index contributed by atoms with van der Waals surface area (Å²) in [6.07, 6.45) is 1.69. The van der Waals surface area contributed by atoms with Crippen LogP contribution in [-0.4, -0.2) is 17.1 Å². The molecule has 8 heteroatoms. The van der Waals surface area contributed by atoms with E-state index in [4.69, 9.17) is 16.3 Å². The Hall–Kier alpha value is -3.03. The molecule has 1 aliphatic heterocycles. The van der Waals surface area contributed by atoms with Crippen molar-refractivity contribution in [3.63, 3.8) is 0 Å². The van der Waals surface area contributed by atoms with Crippen LogP contribution in [0.25, 0.3) is 6.08 Å². The highest BCUT2D eigenvalue weighted by atomic mass is 35.5. The third-order valence-electron chi connectivity index (χ3n) is 4.87. The fourth-order valence-electron chi connectivity index (χ4n) is 3.46. The molecule has 0 saturated heterocycles. The molecule has 0 radical (unpaired) electrons. The second kappa shape index (κ2) is 8.61. The first-order valence-corrected chi connectivity index (χ1v) is 10.8. The summed E-state index contributed by atoms with van der Waals surface area (Å²) in [5.41, 5.74) is 1.92. The minimum absolute atomic E-state index is 0.206. The zero-order valence-corrected chi connectivity index (χ0v) is 18.3. The maximum atomic E-state index is 13.4. The number of aromatic nitrogens is 1. The Morgan fingerprint density at radius 3 is 2.55 bits per heavy atom. The number of carbonyl (C=O) groups excluding carboxylic acids is 1. The van der Waals surface area contributed by atoms with E-state index in [1.807, 2.05) is 0 Å². The summed E-state index contributed by atoms with van der Waals surface area (Å²) in [5, 5.41) is 0.547. The van der Waals surface area contributed by atoms with E-state index in [1.165, 1.54) is 28.0 Å². The monoisotopic (exact) mass is 456 g/mol. The summed E-state index contributed by atoms with van der Waals surface area (Å²) in [4.78, 5) is 31.2. The molecule has 2 aromatic carbocycles. The van der Waals surface area contributed by atoms with Crippen molar-refractivity contribution in [2.24, 2.45) is 4.99 Å². The zero-order chi connectivity index (χ0) is 22.1. The Morgan fingerprint density at radius 1 is 1.23 bits per heavy atom. The minimum atomic E-state index is -0.692. The Balaban J connectivity index is 1.94. The molecule has 0 N–H and O–H groups in total. The molecule has 3 aromatic rings. The molecule has 2 heterocycles. The standard InChI is InChI=1S/C23H18ClFN2O3S/c1-3-30-22(29)19-13(2)26-23-27(20(19)15-6-8-16(24)9-7-15)21(28)18(31-23)12-14-4-10-17(25)11-5-14/h4-12,20H,3H2,1-2H3/b18-12+/t20-/m1/s1. The molecule has 0 bridgehead atoms. The molecule has 0 spiro atoms. The fraction of sp³-hybridized carbons (Fsp3) is 0.174. The number of ether oxygens (including phenoxy) is 1. The highest BCUT2D eigenvalue weighted by molar-refractivity contribution is 7.07. The van der Waals surface area contributed by atoms with Crippen molar-refractivity contribution in [1.82, 2.24) is 4.57 Å². The molecule has 1 atom stereocenters. The van der Waals surface area contributed by atoms with Crippen molar-refractivity contribution < 1.29 is 13.9 Å². The SMILES string of the molecule is CCOC(=O)C1=C(C)N=c2s/c(=C/c3ccc(F)cc3)c(=O)n2[C@@H]1c1ccc(Cl)cc1. The lowest BCUT2D eigenvalue weighted by molar-refractivity contribution is -0.139. The molecule has 4 rings (SSSR count). The number of fused-ring (bicyclic) bond motifs is 1. The van der Waals surface area contributed by atoms with E-state index < -0.39 is 12.0 Å². The second-order valence-corrected chi connectivity index (χ2v) is 8.35. The number of hydrogen-bond acceptors (Lipinski definition) is 5. The topological polar surface area (TPSA) is 60.7 Å². The number of allylic oxidation sites excluding steroid dienone is 1. The molecule has 0 fully saturated rings. The summed E-state index contributed by atoms with van der Waals surface area (Å²) in [5.74, 6) is -0.868.